The van der Waals surface area contributed by atoms with E-state index in [2.05, 4.69) is 10.6 Å². The number of carbonyl (C=O) groups is 3. The molecule has 152 valence electrons. The molecule has 0 aliphatic carbocycles. The number of thioether (sulfide) groups is 1. The Morgan fingerprint density at radius 3 is 2.28 bits per heavy atom. The molecule has 1 heterocycles. The van der Waals surface area contributed by atoms with Crippen molar-refractivity contribution in [2.45, 2.75) is 31.9 Å². The monoisotopic (exact) mass is 411 g/mol. The van der Waals surface area contributed by atoms with Crippen LogP contribution in [-0.2, 0) is 14.4 Å². The van der Waals surface area contributed by atoms with E-state index in [1.807, 2.05) is 43.3 Å². The summed E-state index contributed by atoms with van der Waals surface area (Å²) >= 11 is 1.28. The maximum Gasteiger partial charge on any atom is 0.237 e. The first-order valence-corrected chi connectivity index (χ1v) is 10.7. The second-order valence-corrected chi connectivity index (χ2v) is 8.38. The Kier molecular flexibility index (Phi) is 6.93. The summed E-state index contributed by atoms with van der Waals surface area (Å²) in [6.07, 6.45) is 1.47. The zero-order valence-electron chi connectivity index (χ0n) is 16.6. The van der Waals surface area contributed by atoms with Gasteiger partial charge in [0.05, 0.1) is 11.0 Å². The summed E-state index contributed by atoms with van der Waals surface area (Å²) < 4.78 is 0. The van der Waals surface area contributed by atoms with Crippen molar-refractivity contribution in [1.82, 2.24) is 0 Å². The van der Waals surface area contributed by atoms with Gasteiger partial charge in [-0.25, -0.2) is 0 Å². The molecule has 0 aromatic heterocycles. The van der Waals surface area contributed by atoms with Crippen LogP contribution in [0, 0.1) is 6.92 Å². The molecule has 1 saturated heterocycles. The lowest BCUT2D eigenvalue weighted by molar-refractivity contribution is -0.117. The summed E-state index contributed by atoms with van der Waals surface area (Å²) in [6, 6.07) is 14.8. The lowest BCUT2D eigenvalue weighted by Crippen LogP contribution is -2.25. The number of rotatable bonds is 7. The molecule has 2 aromatic carbocycles. The van der Waals surface area contributed by atoms with Crippen molar-refractivity contribution in [3.8, 4) is 0 Å². The predicted octanol–water partition coefficient (Wildman–Crippen LogP) is 3.82. The predicted molar refractivity (Wildman–Crippen MR) is 118 cm³/mol. The minimum absolute atomic E-state index is 0.135. The summed E-state index contributed by atoms with van der Waals surface area (Å²) in [5.41, 5.74) is 3.39. The molecule has 1 atom stereocenters. The van der Waals surface area contributed by atoms with Crippen LogP contribution in [0.15, 0.2) is 48.5 Å². The van der Waals surface area contributed by atoms with Gasteiger partial charge in [-0.3, -0.25) is 14.4 Å². The lowest BCUT2D eigenvalue weighted by atomic mass is 10.2. The van der Waals surface area contributed by atoms with Crippen LogP contribution in [0.4, 0.5) is 17.1 Å². The van der Waals surface area contributed by atoms with Crippen LogP contribution < -0.4 is 15.5 Å². The highest BCUT2D eigenvalue weighted by Gasteiger charge is 2.21. The quantitative estimate of drug-likeness (QED) is 0.726. The van der Waals surface area contributed by atoms with E-state index in [-0.39, 0.29) is 28.7 Å². The van der Waals surface area contributed by atoms with Crippen molar-refractivity contribution >= 4 is 46.5 Å². The first kappa shape index (κ1) is 20.9. The van der Waals surface area contributed by atoms with Crippen LogP contribution in [0.25, 0.3) is 0 Å². The third kappa shape index (κ3) is 5.84. The first-order valence-electron chi connectivity index (χ1n) is 9.62. The molecular formula is C22H25N3O3S. The minimum atomic E-state index is -0.376. The average Bonchev–Trinajstić information content (AvgIpc) is 3.14. The van der Waals surface area contributed by atoms with E-state index in [0.29, 0.717) is 12.1 Å². The van der Waals surface area contributed by atoms with Gasteiger partial charge in [0.2, 0.25) is 17.7 Å². The average molecular weight is 412 g/mol. The SMILES string of the molecule is Cc1ccc(NC(=O)CS[C@@H](C)C(=O)Nc2ccc(N3CCCC3=O)cc2)cc1. The topological polar surface area (TPSA) is 78.5 Å². The van der Waals surface area contributed by atoms with Gasteiger partial charge in [0, 0.05) is 30.0 Å². The third-order valence-corrected chi connectivity index (χ3v) is 5.83. The molecule has 0 unspecified atom stereocenters. The number of aryl methyl sites for hydroxylation is 1. The standard InChI is InChI=1S/C22H25N3O3S/c1-15-5-7-17(8-6-15)23-20(26)14-29-16(2)22(28)24-18-9-11-19(12-10-18)25-13-3-4-21(25)27/h5-12,16H,3-4,13-14H2,1-2H3,(H,23,26)(H,24,28)/t16-/m0/s1. The zero-order valence-corrected chi connectivity index (χ0v) is 17.4. The summed E-state index contributed by atoms with van der Waals surface area (Å²) in [4.78, 5) is 38.0. The van der Waals surface area contributed by atoms with Gasteiger partial charge in [0.15, 0.2) is 0 Å². The number of hydrogen-bond acceptors (Lipinski definition) is 4. The van der Waals surface area contributed by atoms with Gasteiger partial charge < -0.3 is 15.5 Å². The molecule has 1 fully saturated rings. The Labute approximate surface area is 175 Å². The van der Waals surface area contributed by atoms with Gasteiger partial charge in [0.1, 0.15) is 0 Å². The van der Waals surface area contributed by atoms with Crippen LogP contribution in [0.5, 0.6) is 0 Å². The second kappa shape index (κ2) is 9.60. The van der Waals surface area contributed by atoms with Crippen LogP contribution in [0.2, 0.25) is 0 Å². The Bertz CT molecular complexity index is 881. The van der Waals surface area contributed by atoms with Gasteiger partial charge >= 0.3 is 0 Å². The fourth-order valence-corrected chi connectivity index (χ4v) is 3.68. The molecule has 7 heteroatoms. The highest BCUT2D eigenvalue weighted by molar-refractivity contribution is 8.01. The van der Waals surface area contributed by atoms with Gasteiger partial charge in [-0.05, 0) is 56.7 Å². The van der Waals surface area contributed by atoms with Crippen molar-refractivity contribution in [1.29, 1.82) is 0 Å². The van der Waals surface area contributed by atoms with Gasteiger partial charge in [-0.1, -0.05) is 17.7 Å². The van der Waals surface area contributed by atoms with Gasteiger partial charge in [0.25, 0.3) is 0 Å². The summed E-state index contributed by atoms with van der Waals surface area (Å²) in [5, 5.41) is 5.31. The van der Waals surface area contributed by atoms with E-state index in [9.17, 15) is 14.4 Å². The van der Waals surface area contributed by atoms with E-state index in [1.165, 1.54) is 11.8 Å². The molecule has 0 spiro atoms. The number of nitrogens with one attached hydrogen (secondary N) is 2. The smallest absolute Gasteiger partial charge is 0.237 e. The largest absolute Gasteiger partial charge is 0.325 e. The molecule has 29 heavy (non-hydrogen) atoms. The zero-order chi connectivity index (χ0) is 20.8. The van der Waals surface area contributed by atoms with E-state index in [0.717, 1.165) is 29.9 Å². The number of nitrogens with zero attached hydrogens (tertiary/aromatic N) is 1. The fraction of sp³-hybridized carbons (Fsp3) is 0.318. The van der Waals surface area contributed by atoms with Crippen molar-refractivity contribution in [3.05, 3.63) is 54.1 Å². The van der Waals surface area contributed by atoms with Gasteiger partial charge in [-0.2, -0.15) is 0 Å². The van der Waals surface area contributed by atoms with Gasteiger partial charge in [-0.15, -0.1) is 11.8 Å². The second-order valence-electron chi connectivity index (χ2n) is 7.05. The first-order chi connectivity index (χ1) is 13.9. The molecule has 1 aliphatic heterocycles. The molecular weight excluding hydrogens is 386 g/mol. The maximum absolute atomic E-state index is 12.4. The molecule has 0 saturated carbocycles. The van der Waals surface area contributed by atoms with Crippen molar-refractivity contribution in [2.75, 3.05) is 27.8 Å². The van der Waals surface area contributed by atoms with Crippen molar-refractivity contribution in [3.63, 3.8) is 0 Å². The molecule has 0 radical (unpaired) electrons. The van der Waals surface area contributed by atoms with E-state index in [4.69, 9.17) is 0 Å². The lowest BCUT2D eigenvalue weighted by Gasteiger charge is -2.16. The third-order valence-electron chi connectivity index (χ3n) is 4.69. The van der Waals surface area contributed by atoms with Crippen LogP contribution in [0.3, 0.4) is 0 Å². The molecule has 3 rings (SSSR count). The Morgan fingerprint density at radius 2 is 1.66 bits per heavy atom. The highest BCUT2D eigenvalue weighted by atomic mass is 32.2. The number of hydrogen-bond donors (Lipinski definition) is 2. The normalized spacial score (nSPS) is 14.6. The van der Waals surface area contributed by atoms with E-state index in [1.54, 1.807) is 24.0 Å². The molecule has 0 bridgehead atoms. The summed E-state index contributed by atoms with van der Waals surface area (Å²) in [7, 11) is 0. The number of anilines is 3. The fourth-order valence-electron chi connectivity index (χ4n) is 3.00. The maximum atomic E-state index is 12.4. The summed E-state index contributed by atoms with van der Waals surface area (Å²) in [6.45, 7) is 4.50. The molecule has 2 aromatic rings. The van der Waals surface area contributed by atoms with Crippen LogP contribution >= 0.6 is 11.8 Å². The molecule has 3 amide bonds. The minimum Gasteiger partial charge on any atom is -0.325 e. The van der Waals surface area contributed by atoms with E-state index >= 15 is 0 Å². The van der Waals surface area contributed by atoms with Crippen LogP contribution in [0.1, 0.15) is 25.3 Å². The van der Waals surface area contributed by atoms with E-state index < -0.39 is 0 Å². The molecule has 6 nitrogen and oxygen atoms in total. The Balaban J connectivity index is 1.45. The Morgan fingerprint density at radius 1 is 1.03 bits per heavy atom. The molecule has 1 aliphatic rings. The van der Waals surface area contributed by atoms with Crippen molar-refractivity contribution in [2.24, 2.45) is 0 Å². The number of carbonyl (C=O) groups excluding carboxylic acids is 3. The van der Waals surface area contributed by atoms with Crippen LogP contribution in [-0.4, -0.2) is 35.3 Å². The Hall–Kier alpha value is -2.80. The number of benzene rings is 2. The highest BCUT2D eigenvalue weighted by Crippen LogP contribution is 2.23. The van der Waals surface area contributed by atoms with Crippen molar-refractivity contribution < 1.29 is 14.4 Å². The summed E-state index contributed by atoms with van der Waals surface area (Å²) in [5.74, 6) is 0.0235. The number of amides is 3. The molecule has 2 N–H and O–H groups in total.